The molecular formula is C10H21NO. The van der Waals surface area contributed by atoms with Crippen molar-refractivity contribution in [2.45, 2.75) is 27.2 Å². The smallest absolute Gasteiger partial charge is 0.0521 e. The Morgan fingerprint density at radius 3 is 2.42 bits per heavy atom. The average Bonchev–Trinajstić information content (AvgIpc) is 1.80. The van der Waals surface area contributed by atoms with E-state index in [9.17, 15) is 0 Å². The molecule has 0 saturated carbocycles. The lowest BCUT2D eigenvalue weighted by Crippen LogP contribution is -2.41. The van der Waals surface area contributed by atoms with Gasteiger partial charge in [-0.2, -0.15) is 0 Å². The maximum Gasteiger partial charge on any atom is 0.0521 e. The first-order valence-corrected chi connectivity index (χ1v) is 4.84. The summed E-state index contributed by atoms with van der Waals surface area (Å²) in [4.78, 5) is 0. The number of hydrogen-bond acceptors (Lipinski definition) is 2. The van der Waals surface area contributed by atoms with Crippen LogP contribution in [0.1, 0.15) is 27.2 Å². The number of hydrogen-bond donors (Lipinski definition) is 1. The van der Waals surface area contributed by atoms with Crippen LogP contribution in [0.15, 0.2) is 0 Å². The summed E-state index contributed by atoms with van der Waals surface area (Å²) in [7, 11) is 0. The van der Waals surface area contributed by atoms with Crippen molar-refractivity contribution >= 4 is 0 Å². The van der Waals surface area contributed by atoms with Crippen molar-refractivity contribution in [3.8, 4) is 0 Å². The Hall–Kier alpha value is -0.0800. The van der Waals surface area contributed by atoms with Gasteiger partial charge < -0.3 is 10.5 Å². The molecule has 1 unspecified atom stereocenters. The van der Waals surface area contributed by atoms with E-state index in [0.717, 1.165) is 25.7 Å². The molecule has 1 rings (SSSR count). The number of ether oxygens (including phenoxy) is 1. The third-order valence-electron chi connectivity index (χ3n) is 3.02. The summed E-state index contributed by atoms with van der Waals surface area (Å²) in [6.07, 6.45) is 1.22. The van der Waals surface area contributed by atoms with Gasteiger partial charge in [0.2, 0.25) is 0 Å². The molecule has 2 nitrogen and oxygen atoms in total. The van der Waals surface area contributed by atoms with Crippen LogP contribution in [0.2, 0.25) is 0 Å². The van der Waals surface area contributed by atoms with Crippen LogP contribution in [-0.4, -0.2) is 19.8 Å². The SMILES string of the molecule is CC(CN)CC(C)(C)C1COC1. The first-order valence-electron chi connectivity index (χ1n) is 4.84. The van der Waals surface area contributed by atoms with Crippen LogP contribution in [0.3, 0.4) is 0 Å². The van der Waals surface area contributed by atoms with E-state index >= 15 is 0 Å². The van der Waals surface area contributed by atoms with E-state index in [1.54, 1.807) is 0 Å². The minimum Gasteiger partial charge on any atom is -0.381 e. The first kappa shape index (κ1) is 10.0. The van der Waals surface area contributed by atoms with Gasteiger partial charge in [-0.05, 0) is 24.3 Å². The predicted molar refractivity (Wildman–Crippen MR) is 50.9 cm³/mol. The second-order valence-corrected chi connectivity index (χ2v) is 4.77. The molecule has 12 heavy (non-hydrogen) atoms. The van der Waals surface area contributed by atoms with Gasteiger partial charge in [0.15, 0.2) is 0 Å². The molecular weight excluding hydrogens is 150 g/mol. The van der Waals surface area contributed by atoms with E-state index in [0.29, 0.717) is 11.3 Å². The highest BCUT2D eigenvalue weighted by molar-refractivity contribution is 4.84. The minimum absolute atomic E-state index is 0.414. The maximum absolute atomic E-state index is 5.61. The van der Waals surface area contributed by atoms with Gasteiger partial charge >= 0.3 is 0 Å². The highest BCUT2D eigenvalue weighted by Crippen LogP contribution is 2.37. The zero-order valence-corrected chi connectivity index (χ0v) is 8.47. The standard InChI is InChI=1S/C10H21NO/c1-8(5-11)4-10(2,3)9-6-12-7-9/h8-9H,4-7,11H2,1-3H3. The molecule has 0 amide bonds. The van der Waals surface area contributed by atoms with Crippen molar-refractivity contribution in [2.24, 2.45) is 23.0 Å². The normalized spacial score (nSPS) is 22.0. The van der Waals surface area contributed by atoms with Crippen LogP contribution in [0, 0.1) is 17.3 Å². The Labute approximate surface area is 75.5 Å². The summed E-state index contributed by atoms with van der Waals surface area (Å²) in [5.41, 5.74) is 6.02. The van der Waals surface area contributed by atoms with Crippen LogP contribution >= 0.6 is 0 Å². The van der Waals surface area contributed by atoms with Crippen molar-refractivity contribution in [2.75, 3.05) is 19.8 Å². The van der Waals surface area contributed by atoms with Gasteiger partial charge in [0.25, 0.3) is 0 Å². The summed E-state index contributed by atoms with van der Waals surface area (Å²) < 4.78 is 5.21. The molecule has 1 heterocycles. The molecule has 0 aromatic heterocycles. The lowest BCUT2D eigenvalue weighted by molar-refractivity contribution is -0.0934. The fourth-order valence-corrected chi connectivity index (χ4v) is 1.83. The van der Waals surface area contributed by atoms with E-state index in [4.69, 9.17) is 10.5 Å². The van der Waals surface area contributed by atoms with E-state index < -0.39 is 0 Å². The average molecular weight is 171 g/mol. The zero-order valence-electron chi connectivity index (χ0n) is 8.47. The summed E-state index contributed by atoms with van der Waals surface area (Å²) in [6.45, 7) is 9.57. The third kappa shape index (κ3) is 2.20. The molecule has 0 radical (unpaired) electrons. The van der Waals surface area contributed by atoms with E-state index in [1.807, 2.05) is 0 Å². The van der Waals surface area contributed by atoms with Gasteiger partial charge in [0, 0.05) is 5.92 Å². The van der Waals surface area contributed by atoms with Crippen LogP contribution < -0.4 is 5.73 Å². The Morgan fingerprint density at radius 1 is 1.50 bits per heavy atom. The quantitative estimate of drug-likeness (QED) is 0.698. The monoisotopic (exact) mass is 171 g/mol. The highest BCUT2D eigenvalue weighted by Gasteiger charge is 2.35. The van der Waals surface area contributed by atoms with Crippen LogP contribution in [0.25, 0.3) is 0 Å². The first-order chi connectivity index (χ1) is 5.56. The molecule has 0 bridgehead atoms. The van der Waals surface area contributed by atoms with Crippen LogP contribution in [-0.2, 0) is 4.74 Å². The molecule has 1 fully saturated rings. The molecule has 2 N–H and O–H groups in total. The number of rotatable bonds is 4. The van der Waals surface area contributed by atoms with Crippen LogP contribution in [0.4, 0.5) is 0 Å². The Bertz CT molecular complexity index is 141. The summed E-state index contributed by atoms with van der Waals surface area (Å²) in [5, 5.41) is 0. The molecule has 0 aromatic rings. The number of nitrogens with two attached hydrogens (primary N) is 1. The highest BCUT2D eigenvalue weighted by atomic mass is 16.5. The molecule has 1 aliphatic heterocycles. The maximum atomic E-state index is 5.61. The van der Waals surface area contributed by atoms with E-state index in [1.165, 1.54) is 6.42 Å². The molecule has 2 heteroatoms. The second-order valence-electron chi connectivity index (χ2n) is 4.77. The van der Waals surface area contributed by atoms with E-state index in [2.05, 4.69) is 20.8 Å². The molecule has 0 aromatic carbocycles. The van der Waals surface area contributed by atoms with Gasteiger partial charge in [-0.3, -0.25) is 0 Å². The van der Waals surface area contributed by atoms with E-state index in [-0.39, 0.29) is 0 Å². The second kappa shape index (κ2) is 3.75. The molecule has 0 spiro atoms. The summed E-state index contributed by atoms with van der Waals surface area (Å²) in [6, 6.07) is 0. The minimum atomic E-state index is 0.414. The fourth-order valence-electron chi connectivity index (χ4n) is 1.83. The molecule has 1 atom stereocenters. The fraction of sp³-hybridized carbons (Fsp3) is 1.00. The Balaban J connectivity index is 2.35. The van der Waals surface area contributed by atoms with Gasteiger partial charge in [0.1, 0.15) is 0 Å². The van der Waals surface area contributed by atoms with Crippen molar-refractivity contribution in [3.05, 3.63) is 0 Å². The molecule has 72 valence electrons. The van der Waals surface area contributed by atoms with Crippen LogP contribution in [0.5, 0.6) is 0 Å². The van der Waals surface area contributed by atoms with Gasteiger partial charge in [-0.1, -0.05) is 20.8 Å². The third-order valence-corrected chi connectivity index (χ3v) is 3.02. The van der Waals surface area contributed by atoms with Crippen molar-refractivity contribution in [3.63, 3.8) is 0 Å². The van der Waals surface area contributed by atoms with Gasteiger partial charge in [-0.25, -0.2) is 0 Å². The van der Waals surface area contributed by atoms with Crippen molar-refractivity contribution in [1.29, 1.82) is 0 Å². The largest absolute Gasteiger partial charge is 0.381 e. The molecule has 1 aliphatic rings. The van der Waals surface area contributed by atoms with Gasteiger partial charge in [0.05, 0.1) is 13.2 Å². The predicted octanol–water partition coefficient (Wildman–Crippen LogP) is 1.64. The van der Waals surface area contributed by atoms with Crippen molar-refractivity contribution in [1.82, 2.24) is 0 Å². The summed E-state index contributed by atoms with van der Waals surface area (Å²) >= 11 is 0. The summed E-state index contributed by atoms with van der Waals surface area (Å²) in [5.74, 6) is 1.40. The lowest BCUT2D eigenvalue weighted by Gasteiger charge is -2.41. The Morgan fingerprint density at radius 2 is 2.08 bits per heavy atom. The molecule has 1 saturated heterocycles. The lowest BCUT2D eigenvalue weighted by atomic mass is 9.72. The Kier molecular flexibility index (Phi) is 3.13. The topological polar surface area (TPSA) is 35.2 Å². The molecule has 0 aliphatic carbocycles. The van der Waals surface area contributed by atoms with Crippen molar-refractivity contribution < 1.29 is 4.74 Å². The van der Waals surface area contributed by atoms with Gasteiger partial charge in [-0.15, -0.1) is 0 Å². The zero-order chi connectivity index (χ0) is 9.19.